The number of nitrogens with zero attached hydrogens (tertiary/aromatic N) is 2. The van der Waals surface area contributed by atoms with Crippen molar-refractivity contribution in [3.05, 3.63) is 30.0 Å². The van der Waals surface area contributed by atoms with E-state index in [0.717, 1.165) is 23.9 Å². The molecule has 5 nitrogen and oxygen atoms in total. The van der Waals surface area contributed by atoms with E-state index in [4.69, 9.17) is 10.5 Å². The number of aryl methyl sites for hydroxylation is 1. The van der Waals surface area contributed by atoms with Crippen molar-refractivity contribution in [3.63, 3.8) is 0 Å². The zero-order valence-electron chi connectivity index (χ0n) is 9.72. The monoisotopic (exact) mass is 233 g/mol. The first-order chi connectivity index (χ1) is 8.27. The van der Waals surface area contributed by atoms with Crippen molar-refractivity contribution in [2.75, 3.05) is 13.7 Å². The smallest absolute Gasteiger partial charge is 0.338 e. The van der Waals surface area contributed by atoms with Gasteiger partial charge < -0.3 is 10.5 Å². The molecule has 0 bridgehead atoms. The van der Waals surface area contributed by atoms with Crippen LogP contribution in [-0.4, -0.2) is 29.4 Å². The van der Waals surface area contributed by atoms with Crippen LogP contribution in [-0.2, 0) is 11.3 Å². The van der Waals surface area contributed by atoms with Gasteiger partial charge in [-0.15, -0.1) is 0 Å². The minimum absolute atomic E-state index is 0.339. The molecule has 2 rings (SSSR count). The highest BCUT2D eigenvalue weighted by molar-refractivity contribution is 6.03. The Bertz CT molecular complexity index is 534. The van der Waals surface area contributed by atoms with E-state index in [2.05, 4.69) is 5.10 Å². The summed E-state index contributed by atoms with van der Waals surface area (Å²) in [6, 6.07) is 5.50. The van der Waals surface area contributed by atoms with Crippen LogP contribution < -0.4 is 5.73 Å². The predicted molar refractivity (Wildman–Crippen MR) is 64.7 cm³/mol. The van der Waals surface area contributed by atoms with Gasteiger partial charge in [0.15, 0.2) is 0 Å². The number of nitrogens with two attached hydrogens (primary N) is 1. The van der Waals surface area contributed by atoms with Gasteiger partial charge in [-0.1, -0.05) is 6.07 Å². The number of ether oxygens (including phenoxy) is 1. The number of fused-ring (bicyclic) bond motifs is 1. The first-order valence-electron chi connectivity index (χ1n) is 5.51. The van der Waals surface area contributed by atoms with Crippen molar-refractivity contribution in [2.24, 2.45) is 5.73 Å². The Morgan fingerprint density at radius 1 is 1.53 bits per heavy atom. The summed E-state index contributed by atoms with van der Waals surface area (Å²) in [7, 11) is 1.38. The molecule has 0 amide bonds. The molecule has 1 aromatic carbocycles. The average molecular weight is 233 g/mol. The van der Waals surface area contributed by atoms with E-state index in [1.54, 1.807) is 12.3 Å². The van der Waals surface area contributed by atoms with Gasteiger partial charge >= 0.3 is 5.97 Å². The van der Waals surface area contributed by atoms with Crippen molar-refractivity contribution >= 4 is 16.9 Å². The number of esters is 1. The Hall–Kier alpha value is -1.88. The number of rotatable bonds is 4. The van der Waals surface area contributed by atoms with Crippen LogP contribution in [0.15, 0.2) is 24.4 Å². The topological polar surface area (TPSA) is 70.1 Å². The van der Waals surface area contributed by atoms with Gasteiger partial charge in [-0.25, -0.2) is 4.79 Å². The van der Waals surface area contributed by atoms with E-state index in [1.807, 2.05) is 16.8 Å². The second-order valence-corrected chi connectivity index (χ2v) is 3.74. The Morgan fingerprint density at radius 2 is 2.35 bits per heavy atom. The Morgan fingerprint density at radius 3 is 3.06 bits per heavy atom. The molecule has 1 aromatic heterocycles. The van der Waals surface area contributed by atoms with E-state index in [-0.39, 0.29) is 5.97 Å². The lowest BCUT2D eigenvalue weighted by Gasteiger charge is -2.03. The molecule has 90 valence electrons. The molecule has 0 spiro atoms. The summed E-state index contributed by atoms with van der Waals surface area (Å²) in [6.07, 6.45) is 2.55. The fraction of sp³-hybridized carbons (Fsp3) is 0.333. The van der Waals surface area contributed by atoms with Crippen LogP contribution in [0.25, 0.3) is 10.9 Å². The van der Waals surface area contributed by atoms with Gasteiger partial charge in [0.2, 0.25) is 0 Å². The van der Waals surface area contributed by atoms with Gasteiger partial charge in [-0.3, -0.25) is 4.68 Å². The lowest BCUT2D eigenvalue weighted by molar-refractivity contribution is 0.0603. The van der Waals surface area contributed by atoms with Crippen molar-refractivity contribution in [1.82, 2.24) is 9.78 Å². The summed E-state index contributed by atoms with van der Waals surface area (Å²) in [4.78, 5) is 11.6. The maximum Gasteiger partial charge on any atom is 0.338 e. The van der Waals surface area contributed by atoms with Crippen LogP contribution >= 0.6 is 0 Å². The number of carbonyl (C=O) groups is 1. The van der Waals surface area contributed by atoms with Crippen LogP contribution in [0, 0.1) is 0 Å². The van der Waals surface area contributed by atoms with Gasteiger partial charge in [-0.05, 0) is 25.1 Å². The van der Waals surface area contributed by atoms with Crippen LogP contribution in [0.5, 0.6) is 0 Å². The fourth-order valence-corrected chi connectivity index (χ4v) is 1.81. The van der Waals surface area contributed by atoms with Crippen molar-refractivity contribution < 1.29 is 9.53 Å². The normalized spacial score (nSPS) is 10.7. The average Bonchev–Trinajstić information content (AvgIpc) is 2.78. The molecule has 0 aliphatic rings. The number of hydrogen-bond acceptors (Lipinski definition) is 4. The molecule has 0 aliphatic carbocycles. The molecular weight excluding hydrogens is 218 g/mol. The quantitative estimate of drug-likeness (QED) is 0.805. The standard InChI is InChI=1S/C12H15N3O2/c1-17-12(16)9-4-2-5-11-10(9)8-14-15(11)7-3-6-13/h2,4-5,8H,3,6-7,13H2,1H3. The van der Waals surface area contributed by atoms with Gasteiger partial charge in [0.05, 0.1) is 24.4 Å². The number of carbonyl (C=O) groups excluding carboxylic acids is 1. The first kappa shape index (κ1) is 11.6. The first-order valence-corrected chi connectivity index (χ1v) is 5.51. The van der Waals surface area contributed by atoms with E-state index in [1.165, 1.54) is 7.11 Å². The van der Waals surface area contributed by atoms with Crippen molar-refractivity contribution in [3.8, 4) is 0 Å². The maximum atomic E-state index is 11.6. The van der Waals surface area contributed by atoms with E-state index >= 15 is 0 Å². The van der Waals surface area contributed by atoms with E-state index in [9.17, 15) is 4.79 Å². The van der Waals surface area contributed by atoms with E-state index in [0.29, 0.717) is 12.1 Å². The lowest BCUT2D eigenvalue weighted by Crippen LogP contribution is -2.07. The number of aromatic nitrogens is 2. The zero-order chi connectivity index (χ0) is 12.3. The van der Waals surface area contributed by atoms with Crippen LogP contribution in [0.4, 0.5) is 0 Å². The summed E-state index contributed by atoms with van der Waals surface area (Å²) in [6.45, 7) is 1.38. The van der Waals surface area contributed by atoms with E-state index < -0.39 is 0 Å². The second-order valence-electron chi connectivity index (χ2n) is 3.74. The highest BCUT2D eigenvalue weighted by Crippen LogP contribution is 2.19. The Kier molecular flexibility index (Phi) is 3.39. The molecular formula is C12H15N3O2. The molecule has 0 saturated carbocycles. The third-order valence-electron chi connectivity index (χ3n) is 2.67. The molecule has 5 heteroatoms. The molecule has 0 saturated heterocycles. The minimum atomic E-state index is -0.339. The summed E-state index contributed by atoms with van der Waals surface area (Å²) >= 11 is 0. The third-order valence-corrected chi connectivity index (χ3v) is 2.67. The molecule has 0 aliphatic heterocycles. The molecule has 0 atom stereocenters. The Labute approximate surface area is 99.2 Å². The number of hydrogen-bond donors (Lipinski definition) is 1. The van der Waals surface area contributed by atoms with Gasteiger partial charge in [0, 0.05) is 11.9 Å². The maximum absolute atomic E-state index is 11.6. The van der Waals surface area contributed by atoms with Crippen LogP contribution in [0.1, 0.15) is 16.8 Å². The molecule has 1 heterocycles. The third kappa shape index (κ3) is 2.14. The summed E-state index contributed by atoms with van der Waals surface area (Å²) in [5, 5.41) is 5.08. The minimum Gasteiger partial charge on any atom is -0.465 e. The lowest BCUT2D eigenvalue weighted by atomic mass is 10.1. The van der Waals surface area contributed by atoms with Crippen LogP contribution in [0.3, 0.4) is 0 Å². The van der Waals surface area contributed by atoms with Crippen molar-refractivity contribution in [1.29, 1.82) is 0 Å². The van der Waals surface area contributed by atoms with Gasteiger partial charge in [0.25, 0.3) is 0 Å². The summed E-state index contributed by atoms with van der Waals surface area (Å²) in [5.41, 5.74) is 6.95. The SMILES string of the molecule is COC(=O)c1cccc2c1cnn2CCCN. The summed E-state index contributed by atoms with van der Waals surface area (Å²) in [5.74, 6) is -0.339. The predicted octanol–water partition coefficient (Wildman–Crippen LogP) is 1.17. The number of methoxy groups -OCH3 is 1. The zero-order valence-corrected chi connectivity index (χ0v) is 9.72. The molecule has 2 N–H and O–H groups in total. The molecule has 0 fully saturated rings. The van der Waals surface area contributed by atoms with Gasteiger partial charge in [-0.2, -0.15) is 5.10 Å². The highest BCUT2D eigenvalue weighted by atomic mass is 16.5. The van der Waals surface area contributed by atoms with Gasteiger partial charge in [0.1, 0.15) is 0 Å². The molecule has 0 unspecified atom stereocenters. The summed E-state index contributed by atoms with van der Waals surface area (Å²) < 4.78 is 6.59. The largest absolute Gasteiger partial charge is 0.465 e. The number of benzene rings is 1. The van der Waals surface area contributed by atoms with Crippen LogP contribution in [0.2, 0.25) is 0 Å². The molecule has 0 radical (unpaired) electrons. The Balaban J connectivity index is 2.45. The highest BCUT2D eigenvalue weighted by Gasteiger charge is 2.12. The molecule has 2 aromatic rings. The molecule has 17 heavy (non-hydrogen) atoms. The fourth-order valence-electron chi connectivity index (χ4n) is 1.81. The van der Waals surface area contributed by atoms with Crippen molar-refractivity contribution in [2.45, 2.75) is 13.0 Å². The second kappa shape index (κ2) is 4.97.